The molecule has 3 fully saturated rings. The van der Waals surface area contributed by atoms with Crippen molar-refractivity contribution in [3.8, 4) is 11.5 Å². The molecule has 4 rings (SSSR count). The van der Waals surface area contributed by atoms with Gasteiger partial charge in [0, 0.05) is 37.9 Å². The molecule has 250 valence electrons. The summed E-state index contributed by atoms with van der Waals surface area (Å²) in [4.78, 5) is 12.8. The van der Waals surface area contributed by atoms with E-state index in [1.807, 2.05) is 20.8 Å². The van der Waals surface area contributed by atoms with Crippen LogP contribution in [0.1, 0.15) is 59.8 Å². The highest BCUT2D eigenvalue weighted by Gasteiger charge is 2.69. The van der Waals surface area contributed by atoms with Gasteiger partial charge >= 0.3 is 5.97 Å². The number of rotatable bonds is 13. The first-order valence-corrected chi connectivity index (χ1v) is 15.6. The molecule has 0 unspecified atom stereocenters. The van der Waals surface area contributed by atoms with Crippen LogP contribution in [0.2, 0.25) is 0 Å². The van der Waals surface area contributed by atoms with Crippen LogP contribution in [-0.4, -0.2) is 100 Å². The number of esters is 1. The Labute approximate surface area is 261 Å². The van der Waals surface area contributed by atoms with Gasteiger partial charge in [0.1, 0.15) is 36.8 Å². The molecule has 3 aliphatic carbocycles. The van der Waals surface area contributed by atoms with E-state index in [0.29, 0.717) is 50.4 Å². The van der Waals surface area contributed by atoms with Crippen LogP contribution in [0, 0.1) is 22.7 Å². The van der Waals surface area contributed by atoms with E-state index in [0.717, 1.165) is 6.42 Å². The number of benzene rings is 1. The van der Waals surface area contributed by atoms with Gasteiger partial charge in [0.2, 0.25) is 0 Å². The SMILES string of the molecule is COCCOCO[C@@H]1CCC[C@]2(C)[C@H]1[C@@H](Oc1ccc(OC)cc1)[C@H](OC(C)=O)[C@]1(O)CC[C@H]([C@@H](OCOC)[C@@H]2O)C1(C)C. The molecule has 44 heavy (non-hydrogen) atoms. The van der Waals surface area contributed by atoms with Gasteiger partial charge in [-0.05, 0) is 55.9 Å². The van der Waals surface area contributed by atoms with Crippen LogP contribution in [0.25, 0.3) is 0 Å². The monoisotopic (exact) mass is 624 g/mol. The van der Waals surface area contributed by atoms with Crippen LogP contribution < -0.4 is 9.47 Å². The summed E-state index contributed by atoms with van der Waals surface area (Å²) in [6.07, 6.45) is -1.15. The van der Waals surface area contributed by atoms with Crippen molar-refractivity contribution in [3.63, 3.8) is 0 Å². The Kier molecular flexibility index (Phi) is 11.6. The molecule has 11 heteroatoms. The Morgan fingerprint density at radius 3 is 2.25 bits per heavy atom. The third-order valence-corrected chi connectivity index (χ3v) is 10.6. The van der Waals surface area contributed by atoms with Gasteiger partial charge in [-0.2, -0.15) is 0 Å². The average molecular weight is 625 g/mol. The van der Waals surface area contributed by atoms with Gasteiger partial charge in [0.05, 0.1) is 38.6 Å². The van der Waals surface area contributed by atoms with Crippen molar-refractivity contribution < 1.29 is 52.9 Å². The molecule has 0 radical (unpaired) electrons. The first-order valence-electron chi connectivity index (χ1n) is 15.6. The Morgan fingerprint density at radius 1 is 0.909 bits per heavy atom. The number of methoxy groups -OCH3 is 3. The minimum Gasteiger partial charge on any atom is -0.497 e. The minimum absolute atomic E-state index is 0.00613. The number of fused-ring (bicyclic) bond motifs is 3. The molecule has 3 saturated carbocycles. The fraction of sp³-hybridized carbons (Fsp3) is 0.788. The highest BCUT2D eigenvalue weighted by Crippen LogP contribution is 2.61. The molecule has 0 spiro atoms. The summed E-state index contributed by atoms with van der Waals surface area (Å²) >= 11 is 0. The van der Waals surface area contributed by atoms with Crippen LogP contribution in [0.15, 0.2) is 24.3 Å². The topological polar surface area (TPSA) is 131 Å². The van der Waals surface area contributed by atoms with Crippen molar-refractivity contribution in [1.82, 2.24) is 0 Å². The maximum absolute atomic E-state index is 12.8. The summed E-state index contributed by atoms with van der Waals surface area (Å²) in [5, 5.41) is 25.2. The summed E-state index contributed by atoms with van der Waals surface area (Å²) in [5.41, 5.74) is -3.20. The normalized spacial score (nSPS) is 36.4. The Hall–Kier alpha value is -1.99. The summed E-state index contributed by atoms with van der Waals surface area (Å²) < 4.78 is 47.2. The molecular formula is C33H52O11. The zero-order valence-electron chi connectivity index (χ0n) is 27.3. The second-order valence-corrected chi connectivity index (χ2v) is 13.2. The molecule has 3 aliphatic rings. The highest BCUT2D eigenvalue weighted by molar-refractivity contribution is 5.66. The molecule has 2 bridgehead atoms. The summed E-state index contributed by atoms with van der Waals surface area (Å²) in [7, 11) is 4.74. The Bertz CT molecular complexity index is 1060. The third kappa shape index (κ3) is 6.74. The number of carbonyl (C=O) groups excluding carboxylic acids is 1. The van der Waals surface area contributed by atoms with E-state index in [1.54, 1.807) is 45.6 Å². The lowest BCUT2D eigenvalue weighted by Crippen LogP contribution is -2.64. The van der Waals surface area contributed by atoms with Crippen LogP contribution in [0.4, 0.5) is 0 Å². The van der Waals surface area contributed by atoms with E-state index in [9.17, 15) is 15.0 Å². The number of hydrogen-bond acceptors (Lipinski definition) is 11. The molecule has 0 heterocycles. The first kappa shape index (κ1) is 34.9. The number of aliphatic hydroxyl groups is 2. The second-order valence-electron chi connectivity index (χ2n) is 13.2. The van der Waals surface area contributed by atoms with Crippen molar-refractivity contribution in [3.05, 3.63) is 24.3 Å². The van der Waals surface area contributed by atoms with Gasteiger partial charge < -0.3 is 48.1 Å². The fourth-order valence-corrected chi connectivity index (χ4v) is 8.07. The van der Waals surface area contributed by atoms with Crippen molar-refractivity contribution >= 4 is 5.97 Å². The average Bonchev–Trinajstić information content (AvgIpc) is 3.24. The van der Waals surface area contributed by atoms with Crippen LogP contribution >= 0.6 is 0 Å². The Morgan fingerprint density at radius 2 is 1.61 bits per heavy atom. The van der Waals surface area contributed by atoms with Crippen LogP contribution in [0.5, 0.6) is 11.5 Å². The van der Waals surface area contributed by atoms with Gasteiger partial charge in [0.15, 0.2) is 6.10 Å². The zero-order valence-corrected chi connectivity index (χ0v) is 27.3. The van der Waals surface area contributed by atoms with Gasteiger partial charge in [-0.3, -0.25) is 4.79 Å². The van der Waals surface area contributed by atoms with Crippen molar-refractivity contribution in [2.24, 2.45) is 22.7 Å². The molecule has 1 aromatic rings. The third-order valence-electron chi connectivity index (χ3n) is 10.6. The van der Waals surface area contributed by atoms with Crippen LogP contribution in [0.3, 0.4) is 0 Å². The molecule has 0 aromatic heterocycles. The van der Waals surface area contributed by atoms with Crippen molar-refractivity contribution in [2.75, 3.05) is 48.1 Å². The summed E-state index contributed by atoms with van der Waals surface area (Å²) in [5.74, 6) is -0.181. The smallest absolute Gasteiger partial charge is 0.303 e. The fourth-order valence-electron chi connectivity index (χ4n) is 8.07. The van der Waals surface area contributed by atoms with Gasteiger partial charge in [-0.1, -0.05) is 27.2 Å². The zero-order chi connectivity index (χ0) is 32.1. The number of hydrogen-bond donors (Lipinski definition) is 2. The van der Waals surface area contributed by atoms with E-state index in [2.05, 4.69) is 0 Å². The summed E-state index contributed by atoms with van der Waals surface area (Å²) in [6.45, 7) is 8.06. The molecule has 9 atom stereocenters. The van der Waals surface area contributed by atoms with Gasteiger partial charge in [-0.15, -0.1) is 0 Å². The second kappa shape index (κ2) is 14.6. The Balaban J connectivity index is 1.89. The molecular weight excluding hydrogens is 572 g/mol. The lowest BCUT2D eigenvalue weighted by Gasteiger charge is -2.54. The summed E-state index contributed by atoms with van der Waals surface area (Å²) in [6, 6.07) is 7.15. The quantitative estimate of drug-likeness (QED) is 0.189. The first-order chi connectivity index (χ1) is 20.9. The lowest BCUT2D eigenvalue weighted by atomic mass is 9.58. The molecule has 1 aromatic carbocycles. The molecule has 0 saturated heterocycles. The number of ether oxygens (including phenoxy) is 8. The van der Waals surface area contributed by atoms with Crippen molar-refractivity contribution in [2.45, 2.75) is 95.9 Å². The number of carbonyl (C=O) groups is 1. The molecule has 0 aliphatic heterocycles. The maximum atomic E-state index is 12.8. The largest absolute Gasteiger partial charge is 0.497 e. The molecule has 0 amide bonds. The highest BCUT2D eigenvalue weighted by atomic mass is 16.7. The van der Waals surface area contributed by atoms with Gasteiger partial charge in [-0.25, -0.2) is 0 Å². The number of aliphatic hydroxyl groups excluding tert-OH is 1. The van der Waals surface area contributed by atoms with E-state index in [4.69, 9.17) is 37.9 Å². The molecule has 2 N–H and O–H groups in total. The molecule has 11 nitrogen and oxygen atoms in total. The minimum atomic E-state index is -1.52. The van der Waals surface area contributed by atoms with Gasteiger partial charge in [0.25, 0.3) is 0 Å². The maximum Gasteiger partial charge on any atom is 0.303 e. The standard InChI is InChI=1S/C33H52O11/c1-21(34)43-30-28(44-23-12-10-22(39-7)11-13-23)26-25(41-20-40-18-17-37-5)9-8-15-32(26,4)29(35)27(42-19-38-6)24-14-16-33(30,36)31(24,2)3/h10-13,24-30,35-36H,8-9,14-20H2,1-7H3/t24-,25-,26-,27-,28-,29+,30+,32-,33-/m1/s1. The van der Waals surface area contributed by atoms with E-state index in [1.165, 1.54) is 6.92 Å². The van der Waals surface area contributed by atoms with E-state index >= 15 is 0 Å². The predicted molar refractivity (Wildman–Crippen MR) is 160 cm³/mol. The predicted octanol–water partition coefficient (Wildman–Crippen LogP) is 3.72. The lowest BCUT2D eigenvalue weighted by molar-refractivity contribution is -0.232. The van der Waals surface area contributed by atoms with Crippen LogP contribution in [-0.2, 0) is 33.2 Å². The van der Waals surface area contributed by atoms with Crippen molar-refractivity contribution in [1.29, 1.82) is 0 Å². The van der Waals surface area contributed by atoms with E-state index in [-0.39, 0.29) is 19.5 Å². The van der Waals surface area contributed by atoms with E-state index < -0.39 is 58.8 Å².